The summed E-state index contributed by atoms with van der Waals surface area (Å²) in [6.45, 7) is 0. The van der Waals surface area contributed by atoms with Crippen LogP contribution in [0.1, 0.15) is 32.1 Å². The maximum atomic E-state index is 5.94. The van der Waals surface area contributed by atoms with Gasteiger partial charge in [0, 0.05) is 36.8 Å². The van der Waals surface area contributed by atoms with Gasteiger partial charge >= 0.3 is 0 Å². The molecule has 2 fully saturated rings. The molecule has 1 aliphatic heterocycles. The van der Waals surface area contributed by atoms with Crippen LogP contribution in [0.2, 0.25) is 0 Å². The van der Waals surface area contributed by atoms with Gasteiger partial charge in [0.1, 0.15) is 0 Å². The van der Waals surface area contributed by atoms with E-state index in [2.05, 4.69) is 22.7 Å². The van der Waals surface area contributed by atoms with E-state index in [-0.39, 0.29) is 0 Å². The number of hydrogen-bond acceptors (Lipinski definition) is 4. The maximum absolute atomic E-state index is 5.94. The summed E-state index contributed by atoms with van der Waals surface area (Å²) in [5.41, 5.74) is 7.50. The zero-order valence-electron chi connectivity index (χ0n) is 10.6. The predicted molar refractivity (Wildman–Crippen MR) is 73.6 cm³/mol. The molecule has 2 unspecified atom stereocenters. The first-order valence-corrected chi connectivity index (χ1v) is 7.83. The van der Waals surface area contributed by atoms with E-state index in [1.165, 1.54) is 32.1 Å². The third-order valence-corrected chi connectivity index (χ3v) is 5.25. The molecule has 3 rings (SSSR count). The maximum Gasteiger partial charge on any atom is 0.0674 e. The second kappa shape index (κ2) is 4.82. The van der Waals surface area contributed by atoms with Crippen LogP contribution in [0.5, 0.6) is 0 Å². The van der Waals surface area contributed by atoms with Crippen molar-refractivity contribution in [1.29, 1.82) is 0 Å². The Balaban J connectivity index is 1.46. The summed E-state index contributed by atoms with van der Waals surface area (Å²) < 4.78 is 0. The molecular weight excluding hydrogens is 230 g/mol. The first kappa shape index (κ1) is 11.9. The minimum absolute atomic E-state index is 0.461. The molecule has 0 bridgehead atoms. The number of thioether (sulfide) groups is 1. The van der Waals surface area contributed by atoms with Crippen molar-refractivity contribution >= 4 is 11.8 Å². The molecule has 2 aliphatic carbocycles. The van der Waals surface area contributed by atoms with Crippen molar-refractivity contribution in [1.82, 2.24) is 10.2 Å². The quantitative estimate of drug-likeness (QED) is 0.803. The van der Waals surface area contributed by atoms with Crippen LogP contribution in [-0.4, -0.2) is 35.9 Å². The number of hydrogen-bond donors (Lipinski definition) is 2. The Morgan fingerprint density at radius 2 is 2.12 bits per heavy atom. The fourth-order valence-electron chi connectivity index (χ4n) is 3.06. The summed E-state index contributed by atoms with van der Waals surface area (Å²) in [7, 11) is 2.21. The number of nitrogens with zero attached hydrogens (tertiary/aromatic N) is 1. The Bertz CT molecular complexity index is 310. The highest BCUT2D eigenvalue weighted by atomic mass is 32.2. The fourth-order valence-corrected chi connectivity index (χ4v) is 4.04. The molecule has 96 valence electrons. The van der Waals surface area contributed by atoms with Crippen LogP contribution in [0.15, 0.2) is 11.1 Å². The third-order valence-electron chi connectivity index (χ3n) is 4.30. The van der Waals surface area contributed by atoms with Gasteiger partial charge in [-0.1, -0.05) is 0 Å². The minimum atomic E-state index is 0.461. The van der Waals surface area contributed by atoms with Gasteiger partial charge in [0.2, 0.25) is 0 Å². The zero-order valence-corrected chi connectivity index (χ0v) is 11.4. The van der Waals surface area contributed by atoms with Crippen LogP contribution < -0.4 is 11.1 Å². The van der Waals surface area contributed by atoms with Crippen LogP contribution >= 0.6 is 11.8 Å². The highest BCUT2D eigenvalue weighted by molar-refractivity contribution is 8.02. The molecule has 0 radical (unpaired) electrons. The van der Waals surface area contributed by atoms with Crippen LogP contribution in [0.4, 0.5) is 0 Å². The van der Waals surface area contributed by atoms with Gasteiger partial charge in [-0.25, -0.2) is 0 Å². The summed E-state index contributed by atoms with van der Waals surface area (Å²) in [5.74, 6) is 1.92. The smallest absolute Gasteiger partial charge is 0.0674 e. The largest absolute Gasteiger partial charge is 0.368 e. The first-order valence-electron chi connectivity index (χ1n) is 6.78. The van der Waals surface area contributed by atoms with E-state index < -0.39 is 0 Å². The van der Waals surface area contributed by atoms with Crippen molar-refractivity contribution in [2.75, 3.05) is 12.9 Å². The summed E-state index contributed by atoms with van der Waals surface area (Å²) in [6.07, 6.45) is 6.28. The van der Waals surface area contributed by atoms with Crippen molar-refractivity contribution in [3.05, 3.63) is 11.1 Å². The summed E-state index contributed by atoms with van der Waals surface area (Å²) in [4.78, 5) is 2.40. The second-order valence-electron chi connectivity index (χ2n) is 5.76. The first-order chi connectivity index (χ1) is 8.24. The topological polar surface area (TPSA) is 41.3 Å². The lowest BCUT2D eigenvalue weighted by molar-refractivity contribution is 0.335. The highest BCUT2D eigenvalue weighted by Crippen LogP contribution is 2.43. The van der Waals surface area contributed by atoms with Crippen molar-refractivity contribution in [3.8, 4) is 0 Å². The number of rotatable bonds is 3. The lowest BCUT2D eigenvalue weighted by atomic mass is 9.92. The van der Waals surface area contributed by atoms with Gasteiger partial charge in [-0.05, 0) is 37.5 Å². The number of nitrogens with two attached hydrogens (primary N) is 1. The monoisotopic (exact) mass is 253 g/mol. The van der Waals surface area contributed by atoms with Gasteiger partial charge in [-0.3, -0.25) is 0 Å². The molecule has 17 heavy (non-hydrogen) atoms. The molecule has 3 N–H and O–H groups in total. The van der Waals surface area contributed by atoms with Crippen LogP contribution in [0.3, 0.4) is 0 Å². The molecule has 0 aromatic rings. The molecule has 0 aromatic heterocycles. The van der Waals surface area contributed by atoms with Gasteiger partial charge in [-0.15, -0.1) is 11.8 Å². The standard InChI is InChI=1S/C13H23N3S/c1-16-8-17-7-13(16)11-6-12(11)15-10-4-2-9(14)3-5-10/h7,9-12,15H,2-6,8,14H2,1H3. The molecular formula is C13H23N3S. The molecule has 1 heterocycles. The van der Waals surface area contributed by atoms with Crippen LogP contribution in [0, 0.1) is 5.92 Å². The third kappa shape index (κ3) is 2.64. The lowest BCUT2D eigenvalue weighted by Crippen LogP contribution is -2.39. The Kier molecular flexibility index (Phi) is 3.37. The molecule has 3 nitrogen and oxygen atoms in total. The SMILES string of the molecule is CN1CSC=C1C1CC1NC1CCC(N)CC1. The zero-order chi connectivity index (χ0) is 11.8. The molecule has 2 atom stereocenters. The van der Waals surface area contributed by atoms with E-state index in [9.17, 15) is 0 Å². The van der Waals surface area contributed by atoms with Crippen molar-refractivity contribution in [2.24, 2.45) is 11.7 Å². The molecule has 0 aromatic carbocycles. The Morgan fingerprint density at radius 1 is 1.35 bits per heavy atom. The fraction of sp³-hybridized carbons (Fsp3) is 0.846. The average Bonchev–Trinajstić information content (AvgIpc) is 2.94. The average molecular weight is 253 g/mol. The summed E-state index contributed by atoms with van der Waals surface area (Å²) in [5, 5.41) is 6.18. The Morgan fingerprint density at radius 3 is 2.76 bits per heavy atom. The molecule has 3 aliphatic rings. The van der Waals surface area contributed by atoms with E-state index in [4.69, 9.17) is 5.73 Å². The summed E-state index contributed by atoms with van der Waals surface area (Å²) in [6, 6.07) is 1.93. The Labute approximate surface area is 108 Å². The van der Waals surface area contributed by atoms with Gasteiger partial charge in [0.25, 0.3) is 0 Å². The van der Waals surface area contributed by atoms with E-state index in [0.29, 0.717) is 6.04 Å². The van der Waals surface area contributed by atoms with E-state index in [1.807, 2.05) is 11.8 Å². The van der Waals surface area contributed by atoms with Gasteiger partial charge < -0.3 is 16.0 Å². The van der Waals surface area contributed by atoms with E-state index in [1.54, 1.807) is 5.70 Å². The molecule has 0 amide bonds. The van der Waals surface area contributed by atoms with E-state index >= 15 is 0 Å². The van der Waals surface area contributed by atoms with Crippen LogP contribution in [-0.2, 0) is 0 Å². The highest BCUT2D eigenvalue weighted by Gasteiger charge is 2.43. The predicted octanol–water partition coefficient (Wildman–Crippen LogP) is 1.71. The number of nitrogens with one attached hydrogen (secondary N) is 1. The molecule has 0 saturated heterocycles. The van der Waals surface area contributed by atoms with Crippen molar-refractivity contribution in [2.45, 2.75) is 50.2 Å². The van der Waals surface area contributed by atoms with Gasteiger partial charge in [0.05, 0.1) is 5.88 Å². The lowest BCUT2D eigenvalue weighted by Gasteiger charge is -2.27. The van der Waals surface area contributed by atoms with Crippen molar-refractivity contribution < 1.29 is 0 Å². The molecule has 0 spiro atoms. The molecule has 2 saturated carbocycles. The molecule has 4 heteroatoms. The normalized spacial score (nSPS) is 41.5. The van der Waals surface area contributed by atoms with Gasteiger partial charge in [-0.2, -0.15) is 0 Å². The van der Waals surface area contributed by atoms with Gasteiger partial charge in [0.15, 0.2) is 0 Å². The van der Waals surface area contributed by atoms with Crippen LogP contribution in [0.25, 0.3) is 0 Å². The minimum Gasteiger partial charge on any atom is -0.368 e. The van der Waals surface area contributed by atoms with E-state index in [0.717, 1.165) is 23.9 Å². The second-order valence-corrected chi connectivity index (χ2v) is 6.59. The van der Waals surface area contributed by atoms with Crippen molar-refractivity contribution in [3.63, 3.8) is 0 Å². The summed E-state index contributed by atoms with van der Waals surface area (Å²) >= 11 is 1.93. The Hall–Kier alpha value is -0.190.